The summed E-state index contributed by atoms with van der Waals surface area (Å²) in [5.41, 5.74) is -0.594. The molecule has 1 aliphatic rings. The van der Waals surface area contributed by atoms with E-state index in [-0.39, 0.29) is 19.0 Å². The van der Waals surface area contributed by atoms with Gasteiger partial charge < -0.3 is 15.3 Å². The standard InChI is InChI=1S/C14H22N2O3/c1-3-9-16(10-4-2)13(19)15-14(11-12(17)18)7-5-6-8-14/h1H,4-11H2,2H3,(H,15,19)(H,17,18). The van der Waals surface area contributed by atoms with E-state index in [4.69, 9.17) is 11.5 Å². The van der Waals surface area contributed by atoms with Gasteiger partial charge in [-0.05, 0) is 19.3 Å². The van der Waals surface area contributed by atoms with Crippen LogP contribution in [0.4, 0.5) is 4.79 Å². The van der Waals surface area contributed by atoms with Crippen LogP contribution in [-0.2, 0) is 4.79 Å². The Kier molecular flexibility index (Phi) is 5.68. The molecular weight excluding hydrogens is 244 g/mol. The average molecular weight is 266 g/mol. The summed E-state index contributed by atoms with van der Waals surface area (Å²) in [5.74, 6) is 1.59. The lowest BCUT2D eigenvalue weighted by Crippen LogP contribution is -2.53. The second-order valence-corrected chi connectivity index (χ2v) is 5.11. The van der Waals surface area contributed by atoms with Gasteiger partial charge in [-0.3, -0.25) is 4.79 Å². The molecule has 0 aliphatic heterocycles. The van der Waals surface area contributed by atoms with Crippen LogP contribution in [0.3, 0.4) is 0 Å². The first-order valence-electron chi connectivity index (χ1n) is 6.75. The van der Waals surface area contributed by atoms with Gasteiger partial charge in [0.2, 0.25) is 0 Å². The van der Waals surface area contributed by atoms with E-state index < -0.39 is 11.5 Å². The molecule has 106 valence electrons. The molecule has 1 fully saturated rings. The number of aliphatic carboxylic acids is 1. The number of hydrogen-bond donors (Lipinski definition) is 2. The Balaban J connectivity index is 2.70. The Labute approximate surface area is 114 Å². The van der Waals surface area contributed by atoms with E-state index in [0.717, 1.165) is 32.1 Å². The van der Waals surface area contributed by atoms with Gasteiger partial charge in [0.05, 0.1) is 18.5 Å². The lowest BCUT2D eigenvalue weighted by Gasteiger charge is -2.32. The summed E-state index contributed by atoms with van der Waals surface area (Å²) < 4.78 is 0. The first-order valence-corrected chi connectivity index (χ1v) is 6.75. The topological polar surface area (TPSA) is 69.6 Å². The fourth-order valence-electron chi connectivity index (χ4n) is 2.63. The second-order valence-electron chi connectivity index (χ2n) is 5.11. The van der Waals surface area contributed by atoms with Gasteiger partial charge in [-0.2, -0.15) is 0 Å². The highest BCUT2D eigenvalue weighted by molar-refractivity contribution is 5.77. The molecule has 0 saturated heterocycles. The largest absolute Gasteiger partial charge is 0.481 e. The maximum absolute atomic E-state index is 12.2. The van der Waals surface area contributed by atoms with E-state index in [1.54, 1.807) is 4.90 Å². The Morgan fingerprint density at radius 3 is 2.53 bits per heavy atom. The first kappa shape index (κ1) is 15.4. The summed E-state index contributed by atoms with van der Waals surface area (Å²) in [6.45, 7) is 2.81. The van der Waals surface area contributed by atoms with Crippen molar-refractivity contribution in [2.24, 2.45) is 0 Å². The summed E-state index contributed by atoms with van der Waals surface area (Å²) in [7, 11) is 0. The van der Waals surface area contributed by atoms with Gasteiger partial charge in [0.25, 0.3) is 0 Å². The molecule has 0 bridgehead atoms. The number of carboxylic acid groups (broad SMARTS) is 1. The minimum Gasteiger partial charge on any atom is -0.481 e. The lowest BCUT2D eigenvalue weighted by molar-refractivity contribution is -0.138. The van der Waals surface area contributed by atoms with Crippen LogP contribution < -0.4 is 5.32 Å². The molecule has 0 spiro atoms. The van der Waals surface area contributed by atoms with E-state index in [2.05, 4.69) is 11.2 Å². The van der Waals surface area contributed by atoms with Crippen LogP contribution in [0.1, 0.15) is 45.4 Å². The van der Waals surface area contributed by atoms with Crippen LogP contribution in [0.15, 0.2) is 0 Å². The molecule has 5 nitrogen and oxygen atoms in total. The Morgan fingerprint density at radius 2 is 2.05 bits per heavy atom. The summed E-state index contributed by atoms with van der Waals surface area (Å²) in [6.07, 6.45) is 9.41. The Hall–Kier alpha value is -1.70. The molecule has 0 unspecified atom stereocenters. The number of rotatable bonds is 6. The van der Waals surface area contributed by atoms with Crippen molar-refractivity contribution in [3.8, 4) is 12.3 Å². The highest BCUT2D eigenvalue weighted by Crippen LogP contribution is 2.32. The SMILES string of the molecule is C#CCN(CCC)C(=O)NC1(CC(=O)O)CCCC1. The maximum atomic E-state index is 12.2. The van der Waals surface area contributed by atoms with Crippen molar-refractivity contribution < 1.29 is 14.7 Å². The molecule has 0 aromatic heterocycles. The quantitative estimate of drug-likeness (QED) is 0.721. The number of terminal acetylenes is 1. The molecule has 1 aliphatic carbocycles. The normalized spacial score (nSPS) is 16.6. The van der Waals surface area contributed by atoms with Crippen LogP contribution >= 0.6 is 0 Å². The predicted molar refractivity (Wildman–Crippen MR) is 72.7 cm³/mol. The van der Waals surface area contributed by atoms with E-state index in [9.17, 15) is 9.59 Å². The summed E-state index contributed by atoms with van der Waals surface area (Å²) >= 11 is 0. The van der Waals surface area contributed by atoms with Crippen molar-refractivity contribution in [2.75, 3.05) is 13.1 Å². The van der Waals surface area contributed by atoms with E-state index in [1.807, 2.05) is 6.92 Å². The highest BCUT2D eigenvalue weighted by atomic mass is 16.4. The van der Waals surface area contributed by atoms with Crippen molar-refractivity contribution in [3.63, 3.8) is 0 Å². The molecule has 1 rings (SSSR count). The van der Waals surface area contributed by atoms with Gasteiger partial charge in [0, 0.05) is 6.54 Å². The van der Waals surface area contributed by atoms with Crippen molar-refractivity contribution in [3.05, 3.63) is 0 Å². The van der Waals surface area contributed by atoms with Crippen LogP contribution in [0, 0.1) is 12.3 Å². The van der Waals surface area contributed by atoms with E-state index in [0.29, 0.717) is 6.54 Å². The van der Waals surface area contributed by atoms with Gasteiger partial charge in [-0.25, -0.2) is 4.79 Å². The lowest BCUT2D eigenvalue weighted by atomic mass is 9.93. The van der Waals surface area contributed by atoms with Crippen LogP contribution in [-0.4, -0.2) is 40.6 Å². The third-order valence-corrected chi connectivity index (χ3v) is 3.49. The van der Waals surface area contributed by atoms with E-state index in [1.165, 1.54) is 0 Å². The minimum absolute atomic E-state index is 0.0191. The minimum atomic E-state index is -0.874. The Morgan fingerprint density at radius 1 is 1.42 bits per heavy atom. The van der Waals surface area contributed by atoms with Crippen molar-refractivity contribution in [1.82, 2.24) is 10.2 Å². The maximum Gasteiger partial charge on any atom is 0.318 e. The zero-order valence-corrected chi connectivity index (χ0v) is 11.4. The van der Waals surface area contributed by atoms with E-state index >= 15 is 0 Å². The third kappa shape index (κ3) is 4.47. The monoisotopic (exact) mass is 266 g/mol. The van der Waals surface area contributed by atoms with Gasteiger partial charge in [-0.15, -0.1) is 6.42 Å². The van der Waals surface area contributed by atoms with Crippen molar-refractivity contribution >= 4 is 12.0 Å². The van der Waals surface area contributed by atoms with Crippen LogP contribution in [0.2, 0.25) is 0 Å². The fraction of sp³-hybridized carbons (Fsp3) is 0.714. The molecule has 2 amide bonds. The summed E-state index contributed by atoms with van der Waals surface area (Å²) in [6, 6.07) is -0.247. The number of hydrogen-bond acceptors (Lipinski definition) is 2. The fourth-order valence-corrected chi connectivity index (χ4v) is 2.63. The number of nitrogens with one attached hydrogen (secondary N) is 1. The molecule has 19 heavy (non-hydrogen) atoms. The number of amides is 2. The molecule has 1 saturated carbocycles. The molecule has 2 N–H and O–H groups in total. The zero-order valence-electron chi connectivity index (χ0n) is 11.4. The second kappa shape index (κ2) is 7.03. The van der Waals surface area contributed by atoms with Crippen molar-refractivity contribution in [2.45, 2.75) is 51.0 Å². The smallest absolute Gasteiger partial charge is 0.318 e. The van der Waals surface area contributed by atoms with Gasteiger partial charge in [0.1, 0.15) is 0 Å². The van der Waals surface area contributed by atoms with Crippen LogP contribution in [0.25, 0.3) is 0 Å². The summed E-state index contributed by atoms with van der Waals surface area (Å²) in [5, 5.41) is 11.9. The molecule has 5 heteroatoms. The van der Waals surface area contributed by atoms with Gasteiger partial charge >= 0.3 is 12.0 Å². The number of urea groups is 1. The average Bonchev–Trinajstić information content (AvgIpc) is 2.76. The Bertz CT molecular complexity index is 367. The molecule has 0 atom stereocenters. The number of carbonyl (C=O) groups is 2. The number of carboxylic acids is 1. The van der Waals surface area contributed by atoms with Gasteiger partial charge in [0.15, 0.2) is 0 Å². The van der Waals surface area contributed by atoms with Crippen molar-refractivity contribution in [1.29, 1.82) is 0 Å². The summed E-state index contributed by atoms with van der Waals surface area (Å²) in [4.78, 5) is 24.7. The molecule has 0 aromatic carbocycles. The molecule has 0 heterocycles. The molecule has 0 radical (unpaired) electrons. The molecular formula is C14H22N2O3. The first-order chi connectivity index (χ1) is 9.03. The zero-order chi connectivity index (χ0) is 14.3. The number of carbonyl (C=O) groups excluding carboxylic acids is 1. The third-order valence-electron chi connectivity index (χ3n) is 3.49. The van der Waals surface area contributed by atoms with Crippen LogP contribution in [0.5, 0.6) is 0 Å². The number of nitrogens with zero attached hydrogens (tertiary/aromatic N) is 1. The molecule has 0 aromatic rings. The predicted octanol–water partition coefficient (Wildman–Crippen LogP) is 1.83. The van der Waals surface area contributed by atoms with Gasteiger partial charge in [-0.1, -0.05) is 25.7 Å². The highest BCUT2D eigenvalue weighted by Gasteiger charge is 2.38.